The number of rotatable bonds is 5. The second kappa shape index (κ2) is 7.16. The van der Waals surface area contributed by atoms with E-state index in [1.165, 1.54) is 25.7 Å². The molecular formula is C19H26N2O2. The van der Waals surface area contributed by atoms with Gasteiger partial charge in [0.05, 0.1) is 0 Å². The van der Waals surface area contributed by atoms with E-state index in [1.807, 2.05) is 31.2 Å². The second-order valence-electron chi connectivity index (χ2n) is 6.70. The molecule has 124 valence electrons. The van der Waals surface area contributed by atoms with Crippen LogP contribution in [-0.2, 0) is 16.0 Å². The molecular weight excluding hydrogens is 288 g/mol. The molecule has 0 unspecified atom stereocenters. The fourth-order valence-electron chi connectivity index (χ4n) is 3.94. The summed E-state index contributed by atoms with van der Waals surface area (Å²) in [5, 5.41) is 2.87. The molecule has 0 bridgehead atoms. The van der Waals surface area contributed by atoms with Gasteiger partial charge in [-0.2, -0.15) is 0 Å². The summed E-state index contributed by atoms with van der Waals surface area (Å²) in [4.78, 5) is 27.0. The van der Waals surface area contributed by atoms with Gasteiger partial charge in [-0.25, -0.2) is 0 Å². The molecule has 0 radical (unpaired) electrons. The average molecular weight is 314 g/mol. The van der Waals surface area contributed by atoms with Crippen molar-refractivity contribution in [3.8, 4) is 0 Å². The van der Waals surface area contributed by atoms with Crippen molar-refractivity contribution < 1.29 is 9.59 Å². The highest BCUT2D eigenvalue weighted by atomic mass is 16.2. The van der Waals surface area contributed by atoms with E-state index in [0.29, 0.717) is 25.3 Å². The van der Waals surface area contributed by atoms with Crippen LogP contribution in [0.25, 0.3) is 0 Å². The molecule has 2 aliphatic rings. The molecule has 1 aromatic carbocycles. The quantitative estimate of drug-likeness (QED) is 0.908. The molecule has 1 aromatic rings. The summed E-state index contributed by atoms with van der Waals surface area (Å²) in [5.74, 6) is 0.746. The smallest absolute Gasteiger partial charge is 0.243 e. The maximum atomic E-state index is 12.8. The number of nitrogens with zero attached hydrogens (tertiary/aromatic N) is 1. The van der Waals surface area contributed by atoms with E-state index in [0.717, 1.165) is 17.7 Å². The molecule has 23 heavy (non-hydrogen) atoms. The molecule has 4 heteroatoms. The van der Waals surface area contributed by atoms with E-state index in [2.05, 4.69) is 5.32 Å². The first-order valence-electron chi connectivity index (χ1n) is 8.88. The molecule has 1 atom stereocenters. The van der Waals surface area contributed by atoms with Crippen molar-refractivity contribution in [2.45, 2.75) is 57.9 Å². The van der Waals surface area contributed by atoms with E-state index in [1.54, 1.807) is 4.90 Å². The summed E-state index contributed by atoms with van der Waals surface area (Å²) < 4.78 is 0. The van der Waals surface area contributed by atoms with Gasteiger partial charge in [0.2, 0.25) is 11.8 Å². The lowest BCUT2D eigenvalue weighted by Gasteiger charge is -2.25. The molecule has 0 saturated heterocycles. The number of fused-ring (bicyclic) bond motifs is 1. The fraction of sp³-hybridized carbons (Fsp3) is 0.579. The van der Waals surface area contributed by atoms with Gasteiger partial charge in [0.15, 0.2) is 0 Å². The highest BCUT2D eigenvalue weighted by Gasteiger charge is 2.37. The van der Waals surface area contributed by atoms with Crippen molar-refractivity contribution in [2.24, 2.45) is 5.92 Å². The number of hydrogen-bond donors (Lipinski definition) is 1. The van der Waals surface area contributed by atoms with Gasteiger partial charge in [-0.05, 0) is 30.9 Å². The van der Waals surface area contributed by atoms with Gasteiger partial charge in [-0.15, -0.1) is 0 Å². The van der Waals surface area contributed by atoms with Crippen molar-refractivity contribution in [3.63, 3.8) is 0 Å². The lowest BCUT2D eigenvalue weighted by atomic mass is 10.0. The Labute approximate surface area is 138 Å². The monoisotopic (exact) mass is 314 g/mol. The van der Waals surface area contributed by atoms with Crippen molar-refractivity contribution in [1.29, 1.82) is 0 Å². The summed E-state index contributed by atoms with van der Waals surface area (Å²) in [6.07, 6.45) is 7.23. The molecule has 4 nitrogen and oxygen atoms in total. The Morgan fingerprint density at radius 3 is 2.70 bits per heavy atom. The van der Waals surface area contributed by atoms with Crippen LogP contribution >= 0.6 is 0 Å². The van der Waals surface area contributed by atoms with Crippen LogP contribution in [-0.4, -0.2) is 24.4 Å². The third kappa shape index (κ3) is 3.41. The molecule has 1 aliphatic carbocycles. The maximum Gasteiger partial charge on any atom is 0.243 e. The van der Waals surface area contributed by atoms with Gasteiger partial charge < -0.3 is 5.32 Å². The number of carbonyl (C=O) groups is 2. The number of hydrogen-bond acceptors (Lipinski definition) is 2. The topological polar surface area (TPSA) is 49.4 Å². The van der Waals surface area contributed by atoms with Gasteiger partial charge in [0, 0.05) is 25.1 Å². The van der Waals surface area contributed by atoms with Crippen LogP contribution in [0, 0.1) is 5.92 Å². The first-order valence-corrected chi connectivity index (χ1v) is 8.88. The van der Waals surface area contributed by atoms with Crippen LogP contribution in [0.2, 0.25) is 0 Å². The van der Waals surface area contributed by atoms with Gasteiger partial charge in [0.1, 0.15) is 6.04 Å². The summed E-state index contributed by atoms with van der Waals surface area (Å²) in [5.41, 5.74) is 2.01. The zero-order valence-electron chi connectivity index (χ0n) is 13.9. The van der Waals surface area contributed by atoms with Crippen molar-refractivity contribution in [3.05, 3.63) is 29.8 Å². The Kier molecular flexibility index (Phi) is 4.99. The fourth-order valence-corrected chi connectivity index (χ4v) is 3.94. The van der Waals surface area contributed by atoms with Crippen LogP contribution in [0.5, 0.6) is 0 Å². The Morgan fingerprint density at radius 1 is 1.22 bits per heavy atom. The van der Waals surface area contributed by atoms with Crippen molar-refractivity contribution >= 4 is 17.5 Å². The number of carbonyl (C=O) groups excluding carboxylic acids is 2. The molecule has 2 amide bonds. The Bertz CT molecular complexity index is 578. The minimum atomic E-state index is -0.386. The van der Waals surface area contributed by atoms with Gasteiger partial charge in [0.25, 0.3) is 0 Å². The largest absolute Gasteiger partial charge is 0.355 e. The van der Waals surface area contributed by atoms with Crippen LogP contribution < -0.4 is 10.2 Å². The zero-order valence-corrected chi connectivity index (χ0v) is 13.9. The highest BCUT2D eigenvalue weighted by molar-refractivity contribution is 6.03. The van der Waals surface area contributed by atoms with E-state index in [4.69, 9.17) is 0 Å². The molecule has 1 saturated carbocycles. The first-order chi connectivity index (χ1) is 11.2. The number of anilines is 1. The van der Waals surface area contributed by atoms with E-state index in [-0.39, 0.29) is 17.9 Å². The SMILES string of the molecule is CCNC(=O)[C@@H]1Cc2ccccc2N1C(=O)CCC1CCCC1. The average Bonchev–Trinajstić information content (AvgIpc) is 3.20. The molecule has 0 spiro atoms. The number of para-hydroxylation sites is 1. The Balaban J connectivity index is 1.74. The first kappa shape index (κ1) is 16.0. The maximum absolute atomic E-state index is 12.8. The molecule has 1 fully saturated rings. The zero-order chi connectivity index (χ0) is 16.2. The lowest BCUT2D eigenvalue weighted by Crippen LogP contribution is -2.48. The van der Waals surface area contributed by atoms with Gasteiger partial charge >= 0.3 is 0 Å². The normalized spacial score (nSPS) is 20.6. The summed E-state index contributed by atoms with van der Waals surface area (Å²) >= 11 is 0. The van der Waals surface area contributed by atoms with Crippen molar-refractivity contribution in [2.75, 3.05) is 11.4 Å². The third-order valence-corrected chi connectivity index (χ3v) is 5.14. The van der Waals surface area contributed by atoms with E-state index in [9.17, 15) is 9.59 Å². The van der Waals surface area contributed by atoms with Gasteiger partial charge in [-0.3, -0.25) is 14.5 Å². The van der Waals surface area contributed by atoms with Crippen LogP contribution in [0.15, 0.2) is 24.3 Å². The molecule has 1 N–H and O–H groups in total. The van der Waals surface area contributed by atoms with Gasteiger partial charge in [-0.1, -0.05) is 43.9 Å². The lowest BCUT2D eigenvalue weighted by molar-refractivity contribution is -0.126. The third-order valence-electron chi connectivity index (χ3n) is 5.14. The summed E-state index contributed by atoms with van der Waals surface area (Å²) in [7, 11) is 0. The molecule has 0 aromatic heterocycles. The van der Waals surface area contributed by atoms with E-state index < -0.39 is 0 Å². The second-order valence-corrected chi connectivity index (χ2v) is 6.70. The summed E-state index contributed by atoms with van der Waals surface area (Å²) in [6.45, 7) is 2.50. The van der Waals surface area contributed by atoms with Crippen molar-refractivity contribution in [1.82, 2.24) is 5.32 Å². The standard InChI is InChI=1S/C19H26N2O2/c1-2-20-19(23)17-13-15-9-5-6-10-16(15)21(17)18(22)12-11-14-7-3-4-8-14/h5-6,9-10,14,17H,2-4,7-8,11-13H2,1H3,(H,20,23)/t17-/m0/s1. The van der Waals surface area contributed by atoms with E-state index >= 15 is 0 Å². The Hall–Kier alpha value is -1.84. The number of likely N-dealkylation sites (N-methyl/N-ethyl adjacent to an activating group) is 1. The highest BCUT2D eigenvalue weighted by Crippen LogP contribution is 2.34. The molecule has 1 heterocycles. The predicted octanol–water partition coefficient (Wildman–Crippen LogP) is 3.05. The minimum Gasteiger partial charge on any atom is -0.355 e. The van der Waals surface area contributed by atoms with Crippen LogP contribution in [0.4, 0.5) is 5.69 Å². The number of benzene rings is 1. The van der Waals surface area contributed by atoms with Crippen LogP contribution in [0.1, 0.15) is 51.0 Å². The molecule has 3 rings (SSSR count). The Morgan fingerprint density at radius 2 is 1.96 bits per heavy atom. The summed E-state index contributed by atoms with van der Waals surface area (Å²) in [6, 6.07) is 7.51. The predicted molar refractivity (Wildman–Crippen MR) is 91.3 cm³/mol. The number of nitrogens with one attached hydrogen (secondary N) is 1. The molecule has 1 aliphatic heterocycles. The van der Waals surface area contributed by atoms with Crippen LogP contribution in [0.3, 0.4) is 0 Å². The minimum absolute atomic E-state index is 0.0436. The number of amides is 2.